The number of aliphatic imine (C=N–C) groups is 1. The van der Waals surface area contributed by atoms with E-state index in [-0.39, 0.29) is 5.78 Å². The minimum atomic E-state index is -0.0279. The molecule has 0 spiro atoms. The number of nitrogens with two attached hydrogens (primary N) is 1. The number of carbonyl (C=O) groups is 1. The molecule has 276 valence electrons. The van der Waals surface area contributed by atoms with Crippen LogP contribution in [0.4, 0.5) is 11.4 Å². The summed E-state index contributed by atoms with van der Waals surface area (Å²) in [6.45, 7) is 12.2. The third kappa shape index (κ3) is 8.57. The average Bonchev–Trinajstić information content (AvgIpc) is 3.23. The number of rotatable bonds is 7. The molecular formula is C48H48N6O. The number of hydrogen-bond donors (Lipinski definition) is 1. The fraction of sp³-hybridized carbons (Fsp3) is 0.208. The first-order valence-electron chi connectivity index (χ1n) is 19.1. The van der Waals surface area contributed by atoms with Crippen LogP contribution in [-0.2, 0) is 25.7 Å². The Morgan fingerprint density at radius 2 is 0.909 bits per heavy atom. The summed E-state index contributed by atoms with van der Waals surface area (Å²) in [5, 5.41) is 4.24. The lowest BCUT2D eigenvalue weighted by Gasteiger charge is -2.10. The van der Waals surface area contributed by atoms with Gasteiger partial charge in [0.25, 0.3) is 0 Å². The van der Waals surface area contributed by atoms with E-state index in [2.05, 4.69) is 109 Å². The van der Waals surface area contributed by atoms with Crippen LogP contribution >= 0.6 is 0 Å². The smallest absolute Gasteiger partial charge is 0.178 e. The lowest BCUT2D eigenvalue weighted by atomic mass is 10.0. The summed E-state index contributed by atoms with van der Waals surface area (Å²) in [6, 6.07) is 36.6. The maximum atomic E-state index is 11.3. The third-order valence-corrected chi connectivity index (χ3v) is 9.89. The number of para-hydroxylation sites is 2. The molecule has 55 heavy (non-hydrogen) atoms. The van der Waals surface area contributed by atoms with Crippen molar-refractivity contribution in [3.8, 4) is 0 Å². The fourth-order valence-electron chi connectivity index (χ4n) is 6.71. The van der Waals surface area contributed by atoms with Crippen LogP contribution in [0.25, 0.3) is 43.6 Å². The molecule has 0 atom stereocenters. The summed E-state index contributed by atoms with van der Waals surface area (Å²) in [5.41, 5.74) is 18.9. The van der Waals surface area contributed by atoms with Crippen molar-refractivity contribution < 1.29 is 4.79 Å². The van der Waals surface area contributed by atoms with Crippen LogP contribution in [-0.4, -0.2) is 31.4 Å². The van der Waals surface area contributed by atoms with Crippen LogP contribution < -0.4 is 5.73 Å². The Hall–Kier alpha value is -6.34. The van der Waals surface area contributed by atoms with E-state index in [0.29, 0.717) is 5.69 Å². The predicted molar refractivity (Wildman–Crippen MR) is 231 cm³/mol. The van der Waals surface area contributed by atoms with Crippen molar-refractivity contribution in [3.05, 3.63) is 155 Å². The molecule has 4 heterocycles. The van der Waals surface area contributed by atoms with Gasteiger partial charge in [-0.2, -0.15) is 0 Å². The lowest BCUT2D eigenvalue weighted by molar-refractivity contribution is 0.101. The summed E-state index contributed by atoms with van der Waals surface area (Å²) >= 11 is 0. The van der Waals surface area contributed by atoms with Gasteiger partial charge < -0.3 is 5.73 Å². The Balaban J connectivity index is 0.000000156. The molecule has 4 aromatic carbocycles. The zero-order valence-corrected chi connectivity index (χ0v) is 32.6. The van der Waals surface area contributed by atoms with Crippen molar-refractivity contribution >= 4 is 66.5 Å². The molecule has 0 saturated heterocycles. The van der Waals surface area contributed by atoms with E-state index in [1.54, 1.807) is 12.3 Å². The zero-order chi connectivity index (χ0) is 38.9. The van der Waals surface area contributed by atoms with E-state index >= 15 is 0 Å². The van der Waals surface area contributed by atoms with E-state index in [4.69, 9.17) is 15.7 Å². The topological polar surface area (TPSA) is 107 Å². The highest BCUT2D eigenvalue weighted by atomic mass is 16.1. The van der Waals surface area contributed by atoms with Crippen molar-refractivity contribution in [2.24, 2.45) is 4.99 Å². The predicted octanol–water partition coefficient (Wildman–Crippen LogP) is 11.4. The van der Waals surface area contributed by atoms with Gasteiger partial charge in [0.2, 0.25) is 0 Å². The second-order valence-electron chi connectivity index (χ2n) is 13.4. The largest absolute Gasteiger partial charge is 0.398 e. The SMILES string of the molecule is CC(=O)c1ccc2ccc3cccnc3c2n1.CCc1cccc(CC)c1N.CCc1cccc(CC)c1N=C(C)c1ccc2ccc3cccnc3c2n1. The molecule has 0 aliphatic rings. The van der Waals surface area contributed by atoms with Gasteiger partial charge in [-0.15, -0.1) is 0 Å². The van der Waals surface area contributed by atoms with Crippen molar-refractivity contribution in [1.29, 1.82) is 0 Å². The molecule has 0 bridgehead atoms. The lowest BCUT2D eigenvalue weighted by Crippen LogP contribution is -2.00. The quantitative estimate of drug-likeness (QED) is 0.0759. The molecule has 8 rings (SSSR count). The molecule has 0 radical (unpaired) electrons. The first-order valence-corrected chi connectivity index (χ1v) is 19.1. The van der Waals surface area contributed by atoms with E-state index < -0.39 is 0 Å². The van der Waals surface area contributed by atoms with Crippen molar-refractivity contribution in [1.82, 2.24) is 19.9 Å². The van der Waals surface area contributed by atoms with Gasteiger partial charge in [-0.1, -0.05) is 113 Å². The van der Waals surface area contributed by atoms with Crippen LogP contribution in [0.1, 0.15) is 80.0 Å². The maximum Gasteiger partial charge on any atom is 0.178 e. The highest BCUT2D eigenvalue weighted by molar-refractivity contribution is 6.06. The number of carbonyl (C=O) groups excluding carboxylic acids is 1. The van der Waals surface area contributed by atoms with Crippen LogP contribution in [0.15, 0.2) is 127 Å². The van der Waals surface area contributed by atoms with Crippen LogP contribution in [0, 0.1) is 0 Å². The van der Waals surface area contributed by atoms with Gasteiger partial charge >= 0.3 is 0 Å². The number of benzene rings is 4. The number of aromatic nitrogens is 4. The van der Waals surface area contributed by atoms with Gasteiger partial charge in [0, 0.05) is 46.5 Å². The van der Waals surface area contributed by atoms with Crippen LogP contribution in [0.3, 0.4) is 0 Å². The number of aryl methyl sites for hydroxylation is 4. The molecule has 0 amide bonds. The minimum absolute atomic E-state index is 0.0279. The van der Waals surface area contributed by atoms with Crippen molar-refractivity contribution in [3.63, 3.8) is 0 Å². The number of pyridine rings is 4. The minimum Gasteiger partial charge on any atom is -0.398 e. The maximum absolute atomic E-state index is 11.3. The number of ketones is 1. The number of fused-ring (bicyclic) bond motifs is 6. The highest BCUT2D eigenvalue weighted by Gasteiger charge is 2.10. The Morgan fingerprint density at radius 3 is 1.36 bits per heavy atom. The van der Waals surface area contributed by atoms with Gasteiger partial charge in [0.1, 0.15) is 5.69 Å². The molecule has 2 N–H and O–H groups in total. The van der Waals surface area contributed by atoms with Crippen molar-refractivity contribution in [2.75, 3.05) is 5.73 Å². The highest BCUT2D eigenvalue weighted by Crippen LogP contribution is 2.28. The molecule has 0 fully saturated rings. The summed E-state index contributed by atoms with van der Waals surface area (Å²) in [5.74, 6) is -0.0279. The Kier molecular flexibility index (Phi) is 12.3. The summed E-state index contributed by atoms with van der Waals surface area (Å²) in [7, 11) is 0. The molecule has 0 saturated carbocycles. The molecular weight excluding hydrogens is 677 g/mol. The van der Waals surface area contributed by atoms with Crippen molar-refractivity contribution in [2.45, 2.75) is 67.2 Å². The van der Waals surface area contributed by atoms with Gasteiger partial charge in [-0.3, -0.25) is 19.8 Å². The van der Waals surface area contributed by atoms with Crippen LogP contribution in [0.2, 0.25) is 0 Å². The first-order chi connectivity index (χ1) is 26.8. The number of Topliss-reactive ketones (excluding diaryl/α,β-unsaturated/α-hetero) is 1. The summed E-state index contributed by atoms with van der Waals surface area (Å²) in [6.07, 6.45) is 7.56. The molecule has 4 aromatic heterocycles. The monoisotopic (exact) mass is 724 g/mol. The second kappa shape index (κ2) is 17.7. The molecule has 0 aliphatic heterocycles. The fourth-order valence-corrected chi connectivity index (χ4v) is 6.71. The molecule has 0 aliphatic carbocycles. The molecule has 7 heteroatoms. The average molecular weight is 725 g/mol. The van der Waals surface area contributed by atoms with E-state index in [1.807, 2.05) is 49.5 Å². The third-order valence-electron chi connectivity index (χ3n) is 9.89. The Labute approximate surface area is 323 Å². The van der Waals surface area contributed by atoms with E-state index in [0.717, 1.165) is 92.1 Å². The van der Waals surface area contributed by atoms with Crippen LogP contribution in [0.5, 0.6) is 0 Å². The number of nitrogens with zero attached hydrogens (tertiary/aromatic N) is 5. The number of anilines is 1. The van der Waals surface area contributed by atoms with Gasteiger partial charge in [0.15, 0.2) is 5.78 Å². The van der Waals surface area contributed by atoms with Gasteiger partial charge in [-0.25, -0.2) is 9.97 Å². The summed E-state index contributed by atoms with van der Waals surface area (Å²) < 4.78 is 0. The normalized spacial score (nSPS) is 11.3. The zero-order valence-electron chi connectivity index (χ0n) is 32.6. The molecule has 8 aromatic rings. The van der Waals surface area contributed by atoms with Gasteiger partial charge in [-0.05, 0) is 79.1 Å². The number of hydrogen-bond acceptors (Lipinski definition) is 7. The standard InChI is InChI=1S/C24H23N3.C14H10N2O.C10H15N/c1-4-17-8-6-9-18(5-2)22(17)26-16(3)21-14-13-20-12-11-19-10-7-15-25-23(19)24(20)27-21;1-9(17)12-7-6-11-5-4-10-3-2-8-15-13(10)14(11)16-12;1-3-8-6-5-7-9(4-2)10(8)11/h6-15H,4-5H2,1-3H3;2-8H,1H3;5-7H,3-4,11H2,1-2H3. The first kappa shape index (κ1) is 38.4. The Bertz CT molecular complexity index is 2620. The second-order valence-corrected chi connectivity index (χ2v) is 13.4. The van der Waals surface area contributed by atoms with E-state index in [9.17, 15) is 4.79 Å². The summed E-state index contributed by atoms with van der Waals surface area (Å²) in [4.78, 5) is 34.5. The Morgan fingerprint density at radius 1 is 0.509 bits per heavy atom. The molecule has 0 unspecified atom stereocenters. The number of nitrogen functional groups attached to an aromatic ring is 1. The van der Waals surface area contributed by atoms with Gasteiger partial charge in [0.05, 0.1) is 39.2 Å². The van der Waals surface area contributed by atoms with E-state index in [1.165, 1.54) is 29.2 Å². The molecule has 7 nitrogen and oxygen atoms in total.